The van der Waals surface area contributed by atoms with Crippen molar-refractivity contribution in [2.75, 3.05) is 25.1 Å². The summed E-state index contributed by atoms with van der Waals surface area (Å²) in [5, 5.41) is 3.62. The molecule has 100 valence electrons. The maximum atomic E-state index is 5.48. The molecule has 1 heterocycles. The van der Waals surface area contributed by atoms with Gasteiger partial charge < -0.3 is 15.0 Å². The summed E-state index contributed by atoms with van der Waals surface area (Å²) in [5.41, 5.74) is 1.21. The fourth-order valence-corrected chi connectivity index (χ4v) is 2.54. The van der Waals surface area contributed by atoms with Crippen LogP contribution < -0.4 is 15.0 Å². The summed E-state index contributed by atoms with van der Waals surface area (Å²) in [6, 6.07) is 9.33. The maximum Gasteiger partial charge on any atom is 0.142 e. The van der Waals surface area contributed by atoms with Gasteiger partial charge >= 0.3 is 0 Å². The number of rotatable bonds is 3. The average molecular weight is 248 g/mol. The lowest BCUT2D eigenvalue weighted by Crippen LogP contribution is -2.57. The van der Waals surface area contributed by atoms with Crippen molar-refractivity contribution in [1.29, 1.82) is 0 Å². The first-order chi connectivity index (χ1) is 8.63. The molecule has 2 unspecified atom stereocenters. The first kappa shape index (κ1) is 13.2. The summed E-state index contributed by atoms with van der Waals surface area (Å²) in [5.74, 6) is 1.61. The van der Waals surface area contributed by atoms with Gasteiger partial charge in [-0.15, -0.1) is 0 Å². The van der Waals surface area contributed by atoms with Gasteiger partial charge in [-0.05, 0) is 25.0 Å². The predicted molar refractivity (Wildman–Crippen MR) is 76.4 cm³/mol. The van der Waals surface area contributed by atoms with E-state index in [-0.39, 0.29) is 0 Å². The Kier molecular flexibility index (Phi) is 4.12. The van der Waals surface area contributed by atoms with E-state index in [0.29, 0.717) is 18.0 Å². The maximum absolute atomic E-state index is 5.48. The Balaban J connectivity index is 2.24. The van der Waals surface area contributed by atoms with Gasteiger partial charge in [0.05, 0.1) is 12.8 Å². The van der Waals surface area contributed by atoms with Crippen molar-refractivity contribution in [2.45, 2.75) is 32.9 Å². The number of benzene rings is 1. The molecule has 1 aromatic carbocycles. The molecule has 0 radical (unpaired) electrons. The molecular weight excluding hydrogens is 224 g/mol. The third-order valence-electron chi connectivity index (χ3n) is 3.80. The standard InChI is InChI=1S/C15H24N2O/c1-11(2)13-10-17(12(3)9-16-13)14-7-5-6-8-15(14)18-4/h5-8,11-13,16H,9-10H2,1-4H3. The molecule has 3 nitrogen and oxygen atoms in total. The van der Waals surface area contributed by atoms with Crippen LogP contribution in [0.15, 0.2) is 24.3 Å². The van der Waals surface area contributed by atoms with Gasteiger partial charge in [-0.25, -0.2) is 0 Å². The molecule has 1 aromatic rings. The van der Waals surface area contributed by atoms with Gasteiger partial charge in [0.2, 0.25) is 0 Å². The molecule has 1 fully saturated rings. The van der Waals surface area contributed by atoms with E-state index in [0.717, 1.165) is 18.8 Å². The summed E-state index contributed by atoms with van der Waals surface area (Å²) >= 11 is 0. The second kappa shape index (κ2) is 5.61. The second-order valence-corrected chi connectivity index (χ2v) is 5.43. The van der Waals surface area contributed by atoms with Crippen molar-refractivity contribution in [3.8, 4) is 5.75 Å². The van der Waals surface area contributed by atoms with Crippen LogP contribution in [0.3, 0.4) is 0 Å². The molecule has 18 heavy (non-hydrogen) atoms. The lowest BCUT2D eigenvalue weighted by molar-refractivity contribution is 0.333. The van der Waals surface area contributed by atoms with Crippen LogP contribution in [0.5, 0.6) is 5.75 Å². The fourth-order valence-electron chi connectivity index (χ4n) is 2.54. The highest BCUT2D eigenvalue weighted by Gasteiger charge is 2.28. The van der Waals surface area contributed by atoms with Crippen LogP contribution in [-0.2, 0) is 0 Å². The van der Waals surface area contributed by atoms with E-state index in [9.17, 15) is 0 Å². The molecule has 2 atom stereocenters. The number of ether oxygens (including phenoxy) is 1. The smallest absolute Gasteiger partial charge is 0.142 e. The minimum Gasteiger partial charge on any atom is -0.495 e. The number of methoxy groups -OCH3 is 1. The summed E-state index contributed by atoms with van der Waals surface area (Å²) in [6.45, 7) is 8.87. The molecule has 2 rings (SSSR count). The van der Waals surface area contributed by atoms with Gasteiger partial charge in [-0.2, -0.15) is 0 Å². The number of para-hydroxylation sites is 2. The summed E-state index contributed by atoms with van der Waals surface area (Å²) in [4.78, 5) is 2.46. The SMILES string of the molecule is COc1ccccc1N1CC(C(C)C)NCC1C. The van der Waals surface area contributed by atoms with E-state index in [1.165, 1.54) is 5.69 Å². The summed E-state index contributed by atoms with van der Waals surface area (Å²) < 4.78 is 5.48. The third kappa shape index (κ3) is 2.61. The Morgan fingerprint density at radius 1 is 1.33 bits per heavy atom. The monoisotopic (exact) mass is 248 g/mol. The first-order valence-corrected chi connectivity index (χ1v) is 6.76. The van der Waals surface area contributed by atoms with Gasteiger partial charge in [0.15, 0.2) is 0 Å². The van der Waals surface area contributed by atoms with Crippen LogP contribution in [0, 0.1) is 5.92 Å². The predicted octanol–water partition coefficient (Wildman–Crippen LogP) is 2.52. The zero-order chi connectivity index (χ0) is 13.1. The van der Waals surface area contributed by atoms with Crippen molar-refractivity contribution in [2.24, 2.45) is 5.92 Å². The van der Waals surface area contributed by atoms with Gasteiger partial charge in [-0.1, -0.05) is 26.0 Å². The normalized spacial score (nSPS) is 24.4. The minimum atomic E-state index is 0.497. The third-order valence-corrected chi connectivity index (χ3v) is 3.80. The van der Waals surface area contributed by atoms with Crippen molar-refractivity contribution in [3.63, 3.8) is 0 Å². The van der Waals surface area contributed by atoms with Crippen molar-refractivity contribution in [3.05, 3.63) is 24.3 Å². The molecule has 1 aliphatic heterocycles. The Hall–Kier alpha value is -1.22. The minimum absolute atomic E-state index is 0.497. The van der Waals surface area contributed by atoms with Crippen LogP contribution in [-0.4, -0.2) is 32.3 Å². The second-order valence-electron chi connectivity index (χ2n) is 5.43. The summed E-state index contributed by atoms with van der Waals surface area (Å²) in [7, 11) is 1.74. The van der Waals surface area contributed by atoms with Crippen LogP contribution in [0.2, 0.25) is 0 Å². The number of nitrogens with zero attached hydrogens (tertiary/aromatic N) is 1. The van der Waals surface area contributed by atoms with Gasteiger partial charge in [0.1, 0.15) is 5.75 Å². The van der Waals surface area contributed by atoms with Crippen LogP contribution >= 0.6 is 0 Å². The van der Waals surface area contributed by atoms with E-state index in [4.69, 9.17) is 4.74 Å². The van der Waals surface area contributed by atoms with Crippen LogP contribution in [0.25, 0.3) is 0 Å². The number of hydrogen-bond donors (Lipinski definition) is 1. The van der Waals surface area contributed by atoms with E-state index in [1.54, 1.807) is 7.11 Å². The molecule has 1 N–H and O–H groups in total. The van der Waals surface area contributed by atoms with Crippen molar-refractivity contribution >= 4 is 5.69 Å². The highest BCUT2D eigenvalue weighted by atomic mass is 16.5. The summed E-state index contributed by atoms with van der Waals surface area (Å²) in [6.07, 6.45) is 0. The molecule has 1 aliphatic rings. The highest BCUT2D eigenvalue weighted by Crippen LogP contribution is 2.30. The van der Waals surface area contributed by atoms with E-state index in [2.05, 4.69) is 43.1 Å². The molecule has 0 aliphatic carbocycles. The Morgan fingerprint density at radius 3 is 2.72 bits per heavy atom. The lowest BCUT2D eigenvalue weighted by Gasteiger charge is -2.42. The molecule has 3 heteroatoms. The van der Waals surface area contributed by atoms with Crippen LogP contribution in [0.1, 0.15) is 20.8 Å². The molecule has 0 amide bonds. The lowest BCUT2D eigenvalue weighted by atomic mass is 9.99. The number of piperazine rings is 1. The fraction of sp³-hybridized carbons (Fsp3) is 0.600. The van der Waals surface area contributed by atoms with Gasteiger partial charge in [-0.3, -0.25) is 0 Å². The van der Waals surface area contributed by atoms with E-state index >= 15 is 0 Å². The average Bonchev–Trinajstić information content (AvgIpc) is 2.39. The Morgan fingerprint density at radius 2 is 2.06 bits per heavy atom. The molecule has 0 bridgehead atoms. The number of nitrogens with one attached hydrogen (secondary N) is 1. The number of hydrogen-bond acceptors (Lipinski definition) is 3. The highest BCUT2D eigenvalue weighted by molar-refractivity contribution is 5.59. The Bertz CT molecular complexity index is 392. The Labute approximate surface area is 110 Å². The topological polar surface area (TPSA) is 24.5 Å². The van der Waals surface area contributed by atoms with E-state index < -0.39 is 0 Å². The van der Waals surface area contributed by atoms with Crippen molar-refractivity contribution < 1.29 is 4.74 Å². The zero-order valence-corrected chi connectivity index (χ0v) is 11.8. The zero-order valence-electron chi connectivity index (χ0n) is 11.8. The molecule has 0 saturated carbocycles. The molecule has 1 saturated heterocycles. The van der Waals surface area contributed by atoms with Crippen molar-refractivity contribution in [1.82, 2.24) is 5.32 Å². The molecule has 0 spiro atoms. The first-order valence-electron chi connectivity index (χ1n) is 6.76. The molecule has 0 aromatic heterocycles. The van der Waals surface area contributed by atoms with E-state index in [1.807, 2.05) is 12.1 Å². The largest absolute Gasteiger partial charge is 0.495 e. The van der Waals surface area contributed by atoms with Crippen LogP contribution in [0.4, 0.5) is 5.69 Å². The quantitative estimate of drug-likeness (QED) is 0.889. The molecular formula is C15H24N2O. The van der Waals surface area contributed by atoms with Gasteiger partial charge in [0, 0.05) is 25.2 Å². The van der Waals surface area contributed by atoms with Gasteiger partial charge in [0.25, 0.3) is 0 Å². The number of anilines is 1.